The lowest BCUT2D eigenvalue weighted by Gasteiger charge is -2.25. The largest absolute Gasteiger partial charge is 0.379 e. The van der Waals surface area contributed by atoms with E-state index in [-0.39, 0.29) is 19.7 Å². The summed E-state index contributed by atoms with van der Waals surface area (Å²) in [6.45, 7) is 9.17. The van der Waals surface area contributed by atoms with Gasteiger partial charge < -0.3 is 19.9 Å². The zero-order valence-electron chi connectivity index (χ0n) is 14.8. The van der Waals surface area contributed by atoms with Gasteiger partial charge in [0.05, 0.1) is 33.0 Å². The molecule has 6 nitrogen and oxygen atoms in total. The van der Waals surface area contributed by atoms with E-state index in [2.05, 4.69) is 0 Å². The Morgan fingerprint density at radius 1 is 1.04 bits per heavy atom. The monoisotopic (exact) mass is 333 g/mol. The number of hydrogen-bond donors (Lipinski definition) is 1. The molecule has 1 saturated carbocycles. The molecule has 138 valence electrons. The molecule has 0 radical (unpaired) electrons. The van der Waals surface area contributed by atoms with Gasteiger partial charge in [-0.2, -0.15) is 0 Å². The fraction of sp³-hybridized carbons (Fsp3) is 0.882. The summed E-state index contributed by atoms with van der Waals surface area (Å²) in [5, 5.41) is 0. The SMILES string of the molecule is CC(C)C(=O)C1CCC1.CCOCCOCCOCCC(N)=O.[HH]. The summed E-state index contributed by atoms with van der Waals surface area (Å²) in [7, 11) is 0. The Morgan fingerprint density at radius 3 is 1.91 bits per heavy atom. The van der Waals surface area contributed by atoms with E-state index in [0.29, 0.717) is 51.3 Å². The number of amides is 1. The average Bonchev–Trinajstić information content (AvgIpc) is 2.44. The number of carbonyl (C=O) groups is 2. The lowest BCUT2D eigenvalue weighted by molar-refractivity contribution is -0.128. The Bertz CT molecular complexity index is 322. The van der Waals surface area contributed by atoms with Crippen molar-refractivity contribution in [1.82, 2.24) is 0 Å². The molecule has 1 rings (SSSR count). The van der Waals surface area contributed by atoms with Gasteiger partial charge in [-0.25, -0.2) is 0 Å². The summed E-state index contributed by atoms with van der Waals surface area (Å²) < 4.78 is 15.3. The molecule has 0 atom stereocenters. The van der Waals surface area contributed by atoms with Crippen molar-refractivity contribution in [2.75, 3.05) is 39.6 Å². The van der Waals surface area contributed by atoms with Crippen molar-refractivity contribution in [3.05, 3.63) is 0 Å². The number of rotatable bonds is 12. The first-order valence-corrected chi connectivity index (χ1v) is 8.54. The Labute approximate surface area is 141 Å². The molecule has 0 spiro atoms. The van der Waals surface area contributed by atoms with Crippen molar-refractivity contribution >= 4 is 11.7 Å². The minimum absolute atomic E-state index is 0. The summed E-state index contributed by atoms with van der Waals surface area (Å²) in [4.78, 5) is 21.4. The molecule has 0 aromatic heterocycles. The molecular formula is C17H35NO5. The highest BCUT2D eigenvalue weighted by molar-refractivity contribution is 5.83. The molecule has 1 aliphatic carbocycles. The number of nitrogens with two attached hydrogens (primary N) is 1. The van der Waals surface area contributed by atoms with Crippen LogP contribution in [0.25, 0.3) is 0 Å². The number of hydrogen-bond acceptors (Lipinski definition) is 5. The van der Waals surface area contributed by atoms with Crippen molar-refractivity contribution in [2.24, 2.45) is 17.6 Å². The van der Waals surface area contributed by atoms with E-state index in [9.17, 15) is 9.59 Å². The van der Waals surface area contributed by atoms with E-state index in [1.54, 1.807) is 0 Å². The topological polar surface area (TPSA) is 87.8 Å². The zero-order chi connectivity index (χ0) is 17.5. The zero-order valence-corrected chi connectivity index (χ0v) is 14.8. The van der Waals surface area contributed by atoms with Gasteiger partial charge in [0.15, 0.2) is 0 Å². The van der Waals surface area contributed by atoms with E-state index in [1.165, 1.54) is 6.42 Å². The molecule has 0 aromatic rings. The van der Waals surface area contributed by atoms with Gasteiger partial charge in [0.2, 0.25) is 5.91 Å². The van der Waals surface area contributed by atoms with Gasteiger partial charge in [-0.05, 0) is 19.8 Å². The van der Waals surface area contributed by atoms with E-state index in [1.807, 2.05) is 20.8 Å². The highest BCUT2D eigenvalue weighted by Crippen LogP contribution is 2.29. The predicted octanol–water partition coefficient (Wildman–Crippen LogP) is 2.19. The molecule has 1 aliphatic rings. The first kappa shape index (κ1) is 22.0. The second-order valence-electron chi connectivity index (χ2n) is 5.82. The minimum Gasteiger partial charge on any atom is -0.379 e. The predicted molar refractivity (Wildman–Crippen MR) is 91.2 cm³/mol. The summed E-state index contributed by atoms with van der Waals surface area (Å²) in [6.07, 6.45) is 3.83. The molecule has 1 fully saturated rings. The third kappa shape index (κ3) is 13.2. The molecule has 23 heavy (non-hydrogen) atoms. The quantitative estimate of drug-likeness (QED) is 0.553. The summed E-state index contributed by atoms with van der Waals surface area (Å²) >= 11 is 0. The molecule has 0 aliphatic heterocycles. The van der Waals surface area contributed by atoms with Crippen molar-refractivity contribution in [3.63, 3.8) is 0 Å². The Balaban J connectivity index is 0. The molecule has 0 saturated heterocycles. The van der Waals surface area contributed by atoms with E-state index >= 15 is 0 Å². The lowest BCUT2D eigenvalue weighted by atomic mass is 9.79. The van der Waals surface area contributed by atoms with Crippen LogP contribution in [0.4, 0.5) is 0 Å². The third-order valence-electron chi connectivity index (χ3n) is 3.52. The fourth-order valence-corrected chi connectivity index (χ4v) is 1.92. The van der Waals surface area contributed by atoms with Gasteiger partial charge >= 0.3 is 0 Å². The lowest BCUT2D eigenvalue weighted by Crippen LogP contribution is -2.25. The smallest absolute Gasteiger partial charge is 0.219 e. The van der Waals surface area contributed by atoms with Crippen molar-refractivity contribution in [1.29, 1.82) is 0 Å². The van der Waals surface area contributed by atoms with Gasteiger partial charge in [-0.15, -0.1) is 0 Å². The molecule has 6 heteroatoms. The van der Waals surface area contributed by atoms with Gasteiger partial charge in [-0.1, -0.05) is 20.3 Å². The highest BCUT2D eigenvalue weighted by atomic mass is 16.5. The second-order valence-corrected chi connectivity index (χ2v) is 5.82. The molecular weight excluding hydrogens is 298 g/mol. The minimum atomic E-state index is -0.345. The number of carbonyl (C=O) groups excluding carboxylic acids is 2. The van der Waals surface area contributed by atoms with Crippen LogP contribution < -0.4 is 5.73 Å². The Hall–Kier alpha value is -0.980. The number of ketones is 1. The number of Topliss-reactive ketones (excluding diaryl/α,β-unsaturated/α-hetero) is 1. The van der Waals surface area contributed by atoms with E-state index in [0.717, 1.165) is 12.8 Å². The third-order valence-corrected chi connectivity index (χ3v) is 3.52. The highest BCUT2D eigenvalue weighted by Gasteiger charge is 2.26. The van der Waals surface area contributed by atoms with Crippen LogP contribution in [0, 0.1) is 11.8 Å². The maximum atomic E-state index is 11.1. The fourth-order valence-electron chi connectivity index (χ4n) is 1.92. The van der Waals surface area contributed by atoms with Gasteiger partial charge in [0, 0.05) is 26.3 Å². The normalized spacial score (nSPS) is 14.1. The standard InChI is InChI=1S/C9H19NO4.C8H14O.H2/c1-2-12-5-6-14-8-7-13-4-3-9(10)11;1-6(2)8(9)7-4-3-5-7;/h2-8H2,1H3,(H2,10,11);6-7H,3-5H2,1-2H3;1H. The van der Waals surface area contributed by atoms with Crippen LogP contribution in [0.2, 0.25) is 0 Å². The van der Waals surface area contributed by atoms with Crippen LogP contribution in [-0.4, -0.2) is 51.3 Å². The van der Waals surface area contributed by atoms with Crippen LogP contribution in [0.3, 0.4) is 0 Å². The number of ether oxygens (including phenoxy) is 3. The summed E-state index contributed by atoms with van der Waals surface area (Å²) in [6, 6.07) is 0. The molecule has 2 N–H and O–H groups in total. The summed E-state index contributed by atoms with van der Waals surface area (Å²) in [5.41, 5.74) is 4.92. The molecule has 0 heterocycles. The van der Waals surface area contributed by atoms with Crippen molar-refractivity contribution < 1.29 is 25.2 Å². The van der Waals surface area contributed by atoms with Crippen LogP contribution in [0.5, 0.6) is 0 Å². The first-order chi connectivity index (χ1) is 11.0. The molecule has 0 aromatic carbocycles. The maximum absolute atomic E-state index is 11.1. The van der Waals surface area contributed by atoms with Crippen molar-refractivity contribution in [3.8, 4) is 0 Å². The maximum Gasteiger partial charge on any atom is 0.219 e. The van der Waals surface area contributed by atoms with Crippen LogP contribution in [-0.2, 0) is 23.8 Å². The molecule has 0 bridgehead atoms. The summed E-state index contributed by atoms with van der Waals surface area (Å²) in [5.74, 6) is 0.823. The van der Waals surface area contributed by atoms with E-state index < -0.39 is 0 Å². The first-order valence-electron chi connectivity index (χ1n) is 8.54. The van der Waals surface area contributed by atoms with Crippen LogP contribution in [0.1, 0.15) is 47.9 Å². The molecule has 1 amide bonds. The van der Waals surface area contributed by atoms with Gasteiger partial charge in [0.1, 0.15) is 5.78 Å². The van der Waals surface area contributed by atoms with Crippen molar-refractivity contribution in [2.45, 2.75) is 46.5 Å². The van der Waals surface area contributed by atoms with E-state index in [4.69, 9.17) is 19.9 Å². The Kier molecular flexibility index (Phi) is 14.0. The second kappa shape index (κ2) is 14.6. The average molecular weight is 333 g/mol. The van der Waals surface area contributed by atoms with Crippen LogP contribution >= 0.6 is 0 Å². The van der Waals surface area contributed by atoms with Gasteiger partial charge in [-0.3, -0.25) is 9.59 Å². The molecule has 0 unspecified atom stereocenters. The number of primary amides is 1. The Morgan fingerprint density at radius 2 is 1.57 bits per heavy atom. The van der Waals surface area contributed by atoms with Gasteiger partial charge in [0.25, 0.3) is 0 Å². The van der Waals surface area contributed by atoms with Crippen LogP contribution in [0.15, 0.2) is 0 Å².